The van der Waals surface area contributed by atoms with Gasteiger partial charge in [0, 0.05) is 18.2 Å². The van der Waals surface area contributed by atoms with Crippen molar-refractivity contribution in [2.24, 2.45) is 0 Å². The lowest BCUT2D eigenvalue weighted by Gasteiger charge is -2.44. The van der Waals surface area contributed by atoms with Gasteiger partial charge in [-0.3, -0.25) is 9.80 Å². The molecule has 2 amide bonds. The minimum atomic E-state index is -5.18. The summed E-state index contributed by atoms with van der Waals surface area (Å²) in [6.07, 6.45) is -17.5. The maximum atomic E-state index is 13.8. The first-order valence-electron chi connectivity index (χ1n) is 14.9. The standard InChI is InChI=1S/C33H31F9N2O6/c1-5-49-29(45)43(17-18-11-21(32(37,38)39)13-22(12-18)33(40,41)42)25-15-24(19-7-9-20(10-8-19)31(34,35)36)44(30(46)50-6-2)26-16-28(48-4)27(47-3)14-23(25)26/h7-14,16,24-25H,5-6,15,17H2,1-4H3. The molecule has 0 saturated heterocycles. The van der Waals surface area contributed by atoms with Crippen molar-refractivity contribution in [2.45, 2.75) is 57.4 Å². The summed E-state index contributed by atoms with van der Waals surface area (Å²) in [4.78, 5) is 29.1. The van der Waals surface area contributed by atoms with Crippen molar-refractivity contribution in [1.82, 2.24) is 4.90 Å². The Morgan fingerprint density at radius 2 is 1.26 bits per heavy atom. The molecular weight excluding hydrogens is 691 g/mol. The number of halogens is 9. The minimum absolute atomic E-state index is 0.0107. The number of carbonyl (C=O) groups is 2. The quantitative estimate of drug-likeness (QED) is 0.216. The summed E-state index contributed by atoms with van der Waals surface area (Å²) in [6.45, 7) is 1.74. The summed E-state index contributed by atoms with van der Waals surface area (Å²) in [5.74, 6) is 0.151. The number of nitrogens with zero attached hydrogens (tertiary/aromatic N) is 2. The molecule has 0 bridgehead atoms. The summed E-state index contributed by atoms with van der Waals surface area (Å²) in [5.41, 5.74) is -4.51. The number of ether oxygens (including phenoxy) is 4. The van der Waals surface area contributed by atoms with Crippen LogP contribution in [0.1, 0.15) is 65.7 Å². The first-order valence-corrected chi connectivity index (χ1v) is 14.9. The second-order valence-corrected chi connectivity index (χ2v) is 11.0. The topological polar surface area (TPSA) is 77.5 Å². The lowest BCUT2D eigenvalue weighted by Crippen LogP contribution is -2.45. The summed E-state index contributed by atoms with van der Waals surface area (Å²) >= 11 is 0. The molecule has 0 fully saturated rings. The second kappa shape index (κ2) is 14.6. The second-order valence-electron chi connectivity index (χ2n) is 11.0. The zero-order valence-corrected chi connectivity index (χ0v) is 26.9. The molecule has 3 aromatic rings. The normalized spacial score (nSPS) is 16.4. The van der Waals surface area contributed by atoms with E-state index in [2.05, 4.69) is 0 Å². The average molecular weight is 723 g/mol. The number of hydrogen-bond donors (Lipinski definition) is 0. The van der Waals surface area contributed by atoms with Crippen molar-refractivity contribution < 1.29 is 68.1 Å². The predicted molar refractivity (Wildman–Crippen MR) is 160 cm³/mol. The van der Waals surface area contributed by atoms with Crippen LogP contribution in [0.15, 0.2) is 54.6 Å². The molecule has 2 atom stereocenters. The largest absolute Gasteiger partial charge is 0.493 e. The van der Waals surface area contributed by atoms with Gasteiger partial charge in [-0.05, 0) is 67.8 Å². The molecule has 1 aliphatic heterocycles. The first kappa shape index (κ1) is 38.0. The van der Waals surface area contributed by atoms with E-state index in [0.29, 0.717) is 12.1 Å². The molecule has 4 rings (SSSR count). The van der Waals surface area contributed by atoms with Gasteiger partial charge in [0.1, 0.15) is 0 Å². The van der Waals surface area contributed by atoms with Crippen LogP contribution in [0.3, 0.4) is 0 Å². The Kier molecular flexibility index (Phi) is 11.1. The van der Waals surface area contributed by atoms with Gasteiger partial charge in [-0.2, -0.15) is 39.5 Å². The number of anilines is 1. The van der Waals surface area contributed by atoms with Gasteiger partial charge in [0.2, 0.25) is 0 Å². The number of alkyl halides is 9. The molecule has 0 radical (unpaired) electrons. The van der Waals surface area contributed by atoms with E-state index in [1.807, 2.05) is 0 Å². The molecule has 2 unspecified atom stereocenters. The summed E-state index contributed by atoms with van der Waals surface area (Å²) in [5, 5.41) is 0. The third-order valence-electron chi connectivity index (χ3n) is 7.88. The average Bonchev–Trinajstić information content (AvgIpc) is 3.04. The number of amides is 2. The van der Waals surface area contributed by atoms with E-state index in [9.17, 15) is 49.1 Å². The third kappa shape index (κ3) is 8.13. The number of hydrogen-bond acceptors (Lipinski definition) is 6. The van der Waals surface area contributed by atoms with E-state index < -0.39 is 71.6 Å². The van der Waals surface area contributed by atoms with Gasteiger partial charge < -0.3 is 18.9 Å². The highest BCUT2D eigenvalue weighted by Crippen LogP contribution is 2.51. The fraction of sp³-hybridized carbons (Fsp3) is 0.394. The van der Waals surface area contributed by atoms with Gasteiger partial charge in [-0.25, -0.2) is 9.59 Å². The molecular formula is C33H31F9N2O6. The van der Waals surface area contributed by atoms with Crippen LogP contribution >= 0.6 is 0 Å². The number of benzene rings is 3. The minimum Gasteiger partial charge on any atom is -0.493 e. The highest BCUT2D eigenvalue weighted by Gasteiger charge is 2.44. The maximum absolute atomic E-state index is 13.8. The number of methoxy groups -OCH3 is 2. The van der Waals surface area contributed by atoms with Crippen molar-refractivity contribution in [3.05, 3.63) is 88.0 Å². The first-order chi connectivity index (χ1) is 23.3. The van der Waals surface area contributed by atoms with E-state index in [0.717, 1.165) is 34.1 Å². The summed E-state index contributed by atoms with van der Waals surface area (Å²) < 4.78 is 144. The summed E-state index contributed by atoms with van der Waals surface area (Å²) in [7, 11) is 2.56. The highest BCUT2D eigenvalue weighted by atomic mass is 19.4. The van der Waals surface area contributed by atoms with Gasteiger partial charge in [-0.15, -0.1) is 0 Å². The lowest BCUT2D eigenvalue weighted by molar-refractivity contribution is -0.143. The molecule has 272 valence electrons. The molecule has 0 saturated carbocycles. The Morgan fingerprint density at radius 3 is 1.74 bits per heavy atom. The van der Waals surface area contributed by atoms with Crippen LogP contribution in [0, 0.1) is 0 Å². The van der Waals surface area contributed by atoms with E-state index in [1.165, 1.54) is 40.2 Å². The molecule has 0 spiro atoms. The van der Waals surface area contributed by atoms with Crippen LogP contribution in [0.25, 0.3) is 0 Å². The molecule has 0 aliphatic carbocycles. The fourth-order valence-electron chi connectivity index (χ4n) is 5.68. The molecule has 1 heterocycles. The van der Waals surface area contributed by atoms with Crippen molar-refractivity contribution in [3.8, 4) is 11.5 Å². The SMILES string of the molecule is CCOC(=O)N(Cc1cc(C(F)(F)F)cc(C(F)(F)F)c1)C1CC(c2ccc(C(F)(F)F)cc2)N(C(=O)OCC)c2cc(OC)c(OC)cc21. The third-order valence-corrected chi connectivity index (χ3v) is 7.88. The van der Waals surface area contributed by atoms with E-state index in [4.69, 9.17) is 18.9 Å². The molecule has 1 aliphatic rings. The van der Waals surface area contributed by atoms with Crippen molar-refractivity contribution in [1.29, 1.82) is 0 Å². The predicted octanol–water partition coefficient (Wildman–Crippen LogP) is 9.57. The zero-order valence-electron chi connectivity index (χ0n) is 26.9. The number of carbonyl (C=O) groups excluding carboxylic acids is 2. The highest BCUT2D eigenvalue weighted by molar-refractivity contribution is 5.91. The Morgan fingerprint density at radius 1 is 0.740 bits per heavy atom. The van der Waals surface area contributed by atoms with Crippen LogP contribution in [0.2, 0.25) is 0 Å². The molecule has 17 heteroatoms. The Labute approximate surface area is 280 Å². The van der Waals surface area contributed by atoms with Gasteiger partial charge in [0.05, 0.1) is 61.9 Å². The molecule has 3 aromatic carbocycles. The van der Waals surface area contributed by atoms with E-state index in [1.54, 1.807) is 0 Å². The molecule has 8 nitrogen and oxygen atoms in total. The van der Waals surface area contributed by atoms with Gasteiger partial charge in [0.15, 0.2) is 11.5 Å². The number of fused-ring (bicyclic) bond motifs is 1. The van der Waals surface area contributed by atoms with Crippen LogP contribution < -0.4 is 14.4 Å². The van der Waals surface area contributed by atoms with Crippen LogP contribution in [0.4, 0.5) is 54.8 Å². The van der Waals surface area contributed by atoms with Gasteiger partial charge in [0.25, 0.3) is 0 Å². The summed E-state index contributed by atoms with van der Waals surface area (Å²) in [6, 6.07) is 4.92. The Bertz CT molecular complexity index is 1660. The van der Waals surface area contributed by atoms with Crippen molar-refractivity contribution in [3.63, 3.8) is 0 Å². The maximum Gasteiger partial charge on any atom is 0.416 e. The monoisotopic (exact) mass is 722 g/mol. The molecule has 0 aromatic heterocycles. The Balaban J connectivity index is 1.99. The van der Waals surface area contributed by atoms with Gasteiger partial charge >= 0.3 is 30.7 Å². The van der Waals surface area contributed by atoms with Crippen LogP contribution in [-0.4, -0.2) is 44.5 Å². The molecule has 50 heavy (non-hydrogen) atoms. The van der Waals surface area contributed by atoms with Crippen LogP contribution in [-0.2, 0) is 34.5 Å². The Hall–Kier alpha value is -4.83. The van der Waals surface area contributed by atoms with Crippen LogP contribution in [0.5, 0.6) is 11.5 Å². The van der Waals surface area contributed by atoms with Gasteiger partial charge in [-0.1, -0.05) is 12.1 Å². The smallest absolute Gasteiger partial charge is 0.416 e. The van der Waals surface area contributed by atoms with Crippen molar-refractivity contribution in [2.75, 3.05) is 32.3 Å². The van der Waals surface area contributed by atoms with E-state index in [-0.39, 0.29) is 54.0 Å². The lowest BCUT2D eigenvalue weighted by atomic mass is 9.86. The zero-order chi connectivity index (χ0) is 37.2. The van der Waals surface area contributed by atoms with Crippen molar-refractivity contribution >= 4 is 17.9 Å². The molecule has 0 N–H and O–H groups in total. The van der Waals surface area contributed by atoms with E-state index >= 15 is 0 Å². The fourth-order valence-corrected chi connectivity index (χ4v) is 5.68. The number of rotatable bonds is 8.